The molecule has 1 amide bonds. The van der Waals surface area contributed by atoms with Gasteiger partial charge in [0.15, 0.2) is 0 Å². The minimum Gasteiger partial charge on any atom is -0.373 e. The number of anilines is 2. The molecule has 1 fully saturated rings. The van der Waals surface area contributed by atoms with Crippen molar-refractivity contribution >= 4 is 17.5 Å². The highest BCUT2D eigenvalue weighted by Gasteiger charge is 2.25. The summed E-state index contributed by atoms with van der Waals surface area (Å²) in [6.07, 6.45) is 2.18. The van der Waals surface area contributed by atoms with Crippen LogP contribution in [-0.4, -0.2) is 35.0 Å². The van der Waals surface area contributed by atoms with Crippen molar-refractivity contribution in [3.63, 3.8) is 0 Å². The molecule has 0 aliphatic heterocycles. The first-order valence-corrected chi connectivity index (χ1v) is 7.13. The molecule has 1 saturated carbocycles. The van der Waals surface area contributed by atoms with Gasteiger partial charge in [0.05, 0.1) is 0 Å². The van der Waals surface area contributed by atoms with Gasteiger partial charge in [0, 0.05) is 25.1 Å². The lowest BCUT2D eigenvalue weighted by atomic mass is 10.2. The lowest BCUT2D eigenvalue weighted by molar-refractivity contribution is -0.121. The smallest absolute Gasteiger partial charge is 0.242 e. The molecule has 20 heavy (non-hydrogen) atoms. The van der Waals surface area contributed by atoms with Crippen LogP contribution in [0.5, 0.6) is 0 Å². The summed E-state index contributed by atoms with van der Waals surface area (Å²) in [7, 11) is 1.82. The quantitative estimate of drug-likeness (QED) is 0.738. The number of carbonyl (C=O) groups is 1. The van der Waals surface area contributed by atoms with Gasteiger partial charge in [-0.2, -0.15) is 0 Å². The van der Waals surface area contributed by atoms with E-state index in [0.29, 0.717) is 11.9 Å². The standard InChI is InChI=1S/C14H23N5O/c1-8(2)13-18-11(15-4)7-12(19-13)16-9(3)14(20)17-10-5-6-10/h7-10H,5-6H2,1-4H3,(H,17,20)(H2,15,16,18,19). The molecule has 1 aromatic rings. The van der Waals surface area contributed by atoms with Crippen LogP contribution in [0.25, 0.3) is 0 Å². The second-order valence-corrected chi connectivity index (χ2v) is 5.55. The van der Waals surface area contributed by atoms with Crippen LogP contribution in [0, 0.1) is 0 Å². The van der Waals surface area contributed by atoms with Crippen molar-refractivity contribution in [1.82, 2.24) is 15.3 Å². The summed E-state index contributed by atoms with van der Waals surface area (Å²) < 4.78 is 0. The molecule has 1 aliphatic carbocycles. The molecular weight excluding hydrogens is 254 g/mol. The average Bonchev–Trinajstić information content (AvgIpc) is 3.22. The molecule has 3 N–H and O–H groups in total. The Hall–Kier alpha value is -1.85. The Labute approximate surface area is 119 Å². The van der Waals surface area contributed by atoms with Gasteiger partial charge in [-0.05, 0) is 19.8 Å². The van der Waals surface area contributed by atoms with Crippen molar-refractivity contribution in [2.75, 3.05) is 17.7 Å². The topological polar surface area (TPSA) is 78.9 Å². The molecule has 0 aromatic carbocycles. The molecule has 1 atom stereocenters. The van der Waals surface area contributed by atoms with Gasteiger partial charge < -0.3 is 16.0 Å². The Balaban J connectivity index is 2.06. The van der Waals surface area contributed by atoms with E-state index in [1.807, 2.05) is 33.9 Å². The number of aromatic nitrogens is 2. The molecule has 6 heteroatoms. The highest BCUT2D eigenvalue weighted by atomic mass is 16.2. The first-order chi connectivity index (χ1) is 9.49. The number of hydrogen-bond acceptors (Lipinski definition) is 5. The number of hydrogen-bond donors (Lipinski definition) is 3. The highest BCUT2D eigenvalue weighted by molar-refractivity contribution is 5.84. The second-order valence-electron chi connectivity index (χ2n) is 5.55. The first kappa shape index (κ1) is 14.6. The van der Waals surface area contributed by atoms with Crippen molar-refractivity contribution < 1.29 is 4.79 Å². The highest BCUT2D eigenvalue weighted by Crippen LogP contribution is 2.20. The Morgan fingerprint density at radius 3 is 2.45 bits per heavy atom. The lowest BCUT2D eigenvalue weighted by Crippen LogP contribution is -2.38. The Morgan fingerprint density at radius 2 is 1.90 bits per heavy atom. The summed E-state index contributed by atoms with van der Waals surface area (Å²) in [5, 5.41) is 9.14. The SMILES string of the molecule is CNc1cc(NC(C)C(=O)NC2CC2)nc(C(C)C)n1. The van der Waals surface area contributed by atoms with Gasteiger partial charge >= 0.3 is 0 Å². The molecule has 0 saturated heterocycles. The maximum Gasteiger partial charge on any atom is 0.242 e. The molecule has 110 valence electrons. The summed E-state index contributed by atoms with van der Waals surface area (Å²) in [6.45, 7) is 5.93. The Kier molecular flexibility index (Phi) is 4.42. The molecular formula is C14H23N5O. The van der Waals surface area contributed by atoms with Gasteiger partial charge in [-0.15, -0.1) is 0 Å². The molecule has 1 aliphatic rings. The van der Waals surface area contributed by atoms with E-state index in [1.54, 1.807) is 0 Å². The van der Waals surface area contributed by atoms with Crippen molar-refractivity contribution in [2.45, 2.75) is 51.6 Å². The van der Waals surface area contributed by atoms with Gasteiger partial charge in [0.2, 0.25) is 5.91 Å². The van der Waals surface area contributed by atoms with Crippen molar-refractivity contribution in [3.05, 3.63) is 11.9 Å². The van der Waals surface area contributed by atoms with E-state index in [1.165, 1.54) is 0 Å². The van der Waals surface area contributed by atoms with Crippen LogP contribution in [-0.2, 0) is 4.79 Å². The summed E-state index contributed by atoms with van der Waals surface area (Å²) in [4.78, 5) is 20.8. The van der Waals surface area contributed by atoms with E-state index in [0.717, 1.165) is 24.5 Å². The summed E-state index contributed by atoms with van der Waals surface area (Å²) in [6, 6.07) is 1.87. The zero-order valence-corrected chi connectivity index (χ0v) is 12.5. The van der Waals surface area contributed by atoms with Crippen LogP contribution in [0.3, 0.4) is 0 Å². The number of nitrogens with zero attached hydrogens (tertiary/aromatic N) is 2. The van der Waals surface area contributed by atoms with Gasteiger partial charge in [-0.1, -0.05) is 13.8 Å². The van der Waals surface area contributed by atoms with E-state index >= 15 is 0 Å². The fourth-order valence-electron chi connectivity index (χ4n) is 1.77. The largest absolute Gasteiger partial charge is 0.373 e. The normalized spacial score (nSPS) is 15.8. The van der Waals surface area contributed by atoms with Crippen molar-refractivity contribution in [1.29, 1.82) is 0 Å². The Bertz CT molecular complexity index is 484. The second kappa shape index (κ2) is 6.07. The summed E-state index contributed by atoms with van der Waals surface area (Å²) in [5.74, 6) is 2.43. The molecule has 2 rings (SSSR count). The van der Waals surface area contributed by atoms with E-state index in [2.05, 4.69) is 25.9 Å². The molecule has 1 unspecified atom stereocenters. The Morgan fingerprint density at radius 1 is 1.25 bits per heavy atom. The number of rotatable bonds is 6. The third-order valence-electron chi connectivity index (χ3n) is 3.20. The zero-order chi connectivity index (χ0) is 14.7. The molecule has 0 bridgehead atoms. The molecule has 6 nitrogen and oxygen atoms in total. The van der Waals surface area contributed by atoms with E-state index in [9.17, 15) is 4.79 Å². The van der Waals surface area contributed by atoms with Gasteiger partial charge in [0.25, 0.3) is 0 Å². The van der Waals surface area contributed by atoms with Crippen LogP contribution >= 0.6 is 0 Å². The van der Waals surface area contributed by atoms with E-state index in [4.69, 9.17) is 0 Å². The van der Waals surface area contributed by atoms with E-state index in [-0.39, 0.29) is 17.9 Å². The first-order valence-electron chi connectivity index (χ1n) is 7.13. The third kappa shape index (κ3) is 3.82. The summed E-state index contributed by atoms with van der Waals surface area (Å²) in [5.41, 5.74) is 0. The van der Waals surface area contributed by atoms with Crippen LogP contribution in [0.2, 0.25) is 0 Å². The van der Waals surface area contributed by atoms with Gasteiger partial charge in [-0.25, -0.2) is 9.97 Å². The number of amides is 1. The predicted molar refractivity (Wildman–Crippen MR) is 79.9 cm³/mol. The minimum atomic E-state index is -0.310. The van der Waals surface area contributed by atoms with Crippen LogP contribution in [0.15, 0.2) is 6.07 Å². The maximum absolute atomic E-state index is 11.9. The maximum atomic E-state index is 11.9. The average molecular weight is 277 g/mol. The van der Waals surface area contributed by atoms with Gasteiger partial charge in [-0.3, -0.25) is 4.79 Å². The molecule has 1 aromatic heterocycles. The fourth-order valence-corrected chi connectivity index (χ4v) is 1.77. The predicted octanol–water partition coefficient (Wildman–Crippen LogP) is 1.72. The lowest BCUT2D eigenvalue weighted by Gasteiger charge is -2.16. The molecule has 0 radical (unpaired) electrons. The monoisotopic (exact) mass is 277 g/mol. The van der Waals surface area contributed by atoms with E-state index < -0.39 is 0 Å². The van der Waals surface area contributed by atoms with Gasteiger partial charge in [0.1, 0.15) is 23.5 Å². The fraction of sp³-hybridized carbons (Fsp3) is 0.643. The molecule has 0 spiro atoms. The molecule has 1 heterocycles. The van der Waals surface area contributed by atoms with Crippen LogP contribution in [0.4, 0.5) is 11.6 Å². The minimum absolute atomic E-state index is 0.0169. The van der Waals surface area contributed by atoms with Crippen LogP contribution < -0.4 is 16.0 Å². The van der Waals surface area contributed by atoms with Crippen LogP contribution in [0.1, 0.15) is 45.4 Å². The zero-order valence-electron chi connectivity index (χ0n) is 12.5. The van der Waals surface area contributed by atoms with Crippen molar-refractivity contribution in [2.24, 2.45) is 0 Å². The number of nitrogens with one attached hydrogen (secondary N) is 3. The summed E-state index contributed by atoms with van der Waals surface area (Å²) >= 11 is 0. The number of carbonyl (C=O) groups excluding carboxylic acids is 1. The van der Waals surface area contributed by atoms with Crippen molar-refractivity contribution in [3.8, 4) is 0 Å². The third-order valence-corrected chi connectivity index (χ3v) is 3.20.